The van der Waals surface area contributed by atoms with Gasteiger partial charge in [-0.1, -0.05) is 0 Å². The van der Waals surface area contributed by atoms with Gasteiger partial charge in [-0.2, -0.15) is 17.5 Å². The van der Waals surface area contributed by atoms with Crippen LogP contribution in [0.2, 0.25) is 0 Å². The Kier molecular flexibility index (Phi) is 3.03. The molecular weight excluding hydrogens is 229 g/mol. The van der Waals surface area contributed by atoms with Crippen LogP contribution >= 0.6 is 0 Å². The first kappa shape index (κ1) is 12.0. The fraction of sp³-hybridized carbons (Fsp3) is 0.375. The Hall–Kier alpha value is -1.11. The summed E-state index contributed by atoms with van der Waals surface area (Å²) in [5, 5.41) is 0. The number of alkyl halides is 3. The molecule has 84 valence electrons. The smallest absolute Gasteiger partial charge is 0.250 e. The van der Waals surface area contributed by atoms with Gasteiger partial charge in [0.2, 0.25) is 0 Å². The van der Waals surface area contributed by atoms with Crippen molar-refractivity contribution in [2.24, 2.45) is 4.36 Å². The molecule has 0 atom stereocenters. The van der Waals surface area contributed by atoms with Crippen molar-refractivity contribution in [3.63, 3.8) is 0 Å². The van der Waals surface area contributed by atoms with Crippen LogP contribution in [0.1, 0.15) is 5.56 Å². The molecular formula is C8H9F3N2OS. The maximum absolute atomic E-state index is 12.3. The summed E-state index contributed by atoms with van der Waals surface area (Å²) in [7, 11) is -2.49. The molecule has 1 aromatic heterocycles. The van der Waals surface area contributed by atoms with E-state index in [-0.39, 0.29) is 5.82 Å². The van der Waals surface area contributed by atoms with Crippen LogP contribution in [0.25, 0.3) is 0 Å². The molecule has 1 aromatic rings. The van der Waals surface area contributed by atoms with Gasteiger partial charge < -0.3 is 0 Å². The van der Waals surface area contributed by atoms with Gasteiger partial charge >= 0.3 is 6.18 Å². The van der Waals surface area contributed by atoms with Gasteiger partial charge in [-0.05, 0) is 12.1 Å². The van der Waals surface area contributed by atoms with E-state index in [2.05, 4.69) is 9.35 Å². The third kappa shape index (κ3) is 3.86. The summed E-state index contributed by atoms with van der Waals surface area (Å²) >= 11 is 0. The van der Waals surface area contributed by atoms with Crippen molar-refractivity contribution in [2.75, 3.05) is 12.5 Å². The second kappa shape index (κ2) is 3.80. The standard InChI is InChI=1S/C8H9F3N2OS/c1-15(2,14)13-7-5-6(3-4-12-7)8(9,10)11/h3-5H,1-2H3. The highest BCUT2D eigenvalue weighted by Crippen LogP contribution is 2.30. The van der Waals surface area contributed by atoms with Crippen LogP contribution in [0.5, 0.6) is 0 Å². The van der Waals surface area contributed by atoms with Crippen molar-refractivity contribution in [1.82, 2.24) is 4.98 Å². The summed E-state index contributed by atoms with van der Waals surface area (Å²) < 4.78 is 51.6. The summed E-state index contributed by atoms with van der Waals surface area (Å²) in [6, 6.07) is 1.61. The molecule has 0 N–H and O–H groups in total. The predicted octanol–water partition coefficient (Wildman–Crippen LogP) is 2.46. The lowest BCUT2D eigenvalue weighted by atomic mass is 10.2. The number of hydrogen-bond donors (Lipinski definition) is 0. The molecule has 0 spiro atoms. The van der Waals surface area contributed by atoms with Gasteiger partial charge in [-0.15, -0.1) is 0 Å². The highest BCUT2D eigenvalue weighted by Gasteiger charge is 2.30. The van der Waals surface area contributed by atoms with E-state index in [1.54, 1.807) is 0 Å². The molecule has 0 saturated heterocycles. The normalized spacial score (nSPS) is 12.6. The van der Waals surface area contributed by atoms with E-state index in [9.17, 15) is 17.4 Å². The molecule has 15 heavy (non-hydrogen) atoms. The quantitative estimate of drug-likeness (QED) is 0.754. The number of rotatable bonds is 1. The minimum absolute atomic E-state index is 0.167. The summed E-state index contributed by atoms with van der Waals surface area (Å²) in [5.41, 5.74) is -0.847. The number of pyridine rings is 1. The maximum atomic E-state index is 12.3. The molecule has 0 aliphatic heterocycles. The average molecular weight is 238 g/mol. The lowest BCUT2D eigenvalue weighted by molar-refractivity contribution is -0.137. The molecule has 3 nitrogen and oxygen atoms in total. The second-order valence-corrected chi connectivity index (χ2v) is 5.72. The maximum Gasteiger partial charge on any atom is 0.416 e. The Balaban J connectivity index is 3.21. The third-order valence-electron chi connectivity index (χ3n) is 1.39. The number of nitrogens with zero attached hydrogens (tertiary/aromatic N) is 2. The van der Waals surface area contributed by atoms with Crippen LogP contribution in [0.15, 0.2) is 22.7 Å². The largest absolute Gasteiger partial charge is 0.416 e. The van der Waals surface area contributed by atoms with Crippen molar-refractivity contribution in [2.45, 2.75) is 6.18 Å². The third-order valence-corrected chi connectivity index (χ3v) is 2.01. The van der Waals surface area contributed by atoms with Gasteiger partial charge in [0.15, 0.2) is 5.82 Å². The molecule has 0 bridgehead atoms. The summed E-state index contributed by atoms with van der Waals surface area (Å²) in [6.45, 7) is 0. The molecule has 1 rings (SSSR count). The van der Waals surface area contributed by atoms with Gasteiger partial charge in [0.05, 0.1) is 5.56 Å². The van der Waals surface area contributed by atoms with Crippen molar-refractivity contribution in [3.8, 4) is 0 Å². The first-order valence-electron chi connectivity index (χ1n) is 3.89. The van der Waals surface area contributed by atoms with E-state index < -0.39 is 21.5 Å². The Morgan fingerprint density at radius 2 is 2.00 bits per heavy atom. The van der Waals surface area contributed by atoms with Crippen LogP contribution < -0.4 is 0 Å². The average Bonchev–Trinajstić information content (AvgIpc) is 1.99. The lowest BCUT2D eigenvalue weighted by Gasteiger charge is -2.06. The zero-order valence-corrected chi connectivity index (χ0v) is 8.89. The van der Waals surface area contributed by atoms with E-state index in [0.29, 0.717) is 0 Å². The van der Waals surface area contributed by atoms with E-state index >= 15 is 0 Å². The Morgan fingerprint density at radius 1 is 1.40 bits per heavy atom. The van der Waals surface area contributed by atoms with Crippen LogP contribution in [-0.4, -0.2) is 21.7 Å². The van der Waals surface area contributed by atoms with Crippen molar-refractivity contribution in [1.29, 1.82) is 0 Å². The highest BCUT2D eigenvalue weighted by molar-refractivity contribution is 7.92. The van der Waals surface area contributed by atoms with Crippen LogP contribution in [-0.2, 0) is 15.9 Å². The Morgan fingerprint density at radius 3 is 2.47 bits per heavy atom. The van der Waals surface area contributed by atoms with Crippen LogP contribution in [0, 0.1) is 0 Å². The monoisotopic (exact) mass is 238 g/mol. The molecule has 0 saturated carbocycles. The van der Waals surface area contributed by atoms with Crippen molar-refractivity contribution < 1.29 is 17.4 Å². The molecule has 0 unspecified atom stereocenters. The zero-order valence-electron chi connectivity index (χ0n) is 8.08. The van der Waals surface area contributed by atoms with Crippen molar-refractivity contribution in [3.05, 3.63) is 23.9 Å². The Bertz CT molecular complexity index is 467. The van der Waals surface area contributed by atoms with Gasteiger partial charge in [-0.25, -0.2) is 9.19 Å². The minimum atomic E-state index is -4.43. The van der Waals surface area contributed by atoms with E-state index in [1.807, 2.05) is 0 Å². The van der Waals surface area contributed by atoms with Crippen LogP contribution in [0.4, 0.5) is 19.0 Å². The van der Waals surface area contributed by atoms with Crippen molar-refractivity contribution >= 4 is 15.5 Å². The SMILES string of the molecule is CS(C)(=O)=Nc1cc(C(F)(F)F)ccn1. The molecule has 1 heterocycles. The van der Waals surface area contributed by atoms with E-state index in [1.165, 1.54) is 12.5 Å². The summed E-state index contributed by atoms with van der Waals surface area (Å²) in [6.07, 6.45) is -0.785. The first-order valence-corrected chi connectivity index (χ1v) is 6.22. The Labute approximate surface area is 85.5 Å². The number of aromatic nitrogens is 1. The number of hydrogen-bond acceptors (Lipinski definition) is 3. The lowest BCUT2D eigenvalue weighted by Crippen LogP contribution is -2.04. The van der Waals surface area contributed by atoms with Gasteiger partial charge in [-0.3, -0.25) is 0 Å². The molecule has 0 radical (unpaired) electrons. The van der Waals surface area contributed by atoms with E-state index in [0.717, 1.165) is 18.3 Å². The molecule has 0 fully saturated rings. The molecule has 0 aliphatic rings. The van der Waals surface area contributed by atoms with Gasteiger partial charge in [0.1, 0.15) is 0 Å². The molecule has 0 aromatic carbocycles. The number of halogens is 3. The van der Waals surface area contributed by atoms with E-state index in [4.69, 9.17) is 0 Å². The molecule has 7 heteroatoms. The first-order chi connectivity index (χ1) is 6.68. The molecule has 0 amide bonds. The summed E-state index contributed by atoms with van der Waals surface area (Å²) in [4.78, 5) is 3.59. The van der Waals surface area contributed by atoms with Crippen LogP contribution in [0.3, 0.4) is 0 Å². The summed E-state index contributed by atoms with van der Waals surface area (Å²) in [5.74, 6) is -0.167. The zero-order chi connectivity index (χ0) is 11.7. The topological polar surface area (TPSA) is 42.3 Å². The predicted molar refractivity (Wildman–Crippen MR) is 51.3 cm³/mol. The highest BCUT2D eigenvalue weighted by atomic mass is 32.2. The van der Waals surface area contributed by atoms with Gasteiger partial charge in [0.25, 0.3) is 0 Å². The second-order valence-electron chi connectivity index (χ2n) is 3.17. The fourth-order valence-corrected chi connectivity index (χ4v) is 1.42. The minimum Gasteiger partial charge on any atom is -0.250 e. The molecule has 0 aliphatic carbocycles. The van der Waals surface area contributed by atoms with Gasteiger partial charge in [0, 0.05) is 28.4 Å². The fourth-order valence-electron chi connectivity index (χ4n) is 0.870.